The van der Waals surface area contributed by atoms with Crippen LogP contribution >= 0.6 is 0 Å². The van der Waals surface area contributed by atoms with Gasteiger partial charge in [0.15, 0.2) is 0 Å². The number of nitrogens with zero attached hydrogens (tertiary/aromatic N) is 1. The van der Waals surface area contributed by atoms with Crippen LogP contribution in [0.5, 0.6) is 0 Å². The first-order valence-corrected chi connectivity index (χ1v) is 4.76. The van der Waals surface area contributed by atoms with Crippen molar-refractivity contribution < 1.29 is 5.10 Å². The standard InChI is InChI=1S/C11H16N4/c1-7-4-8(2)10(9(3)5-7)6-14-15-11(12)13/h4-6H,1-3H3,(H4,12,13,15)/p+1/b14-6-. The van der Waals surface area contributed by atoms with Gasteiger partial charge < -0.3 is 11.5 Å². The zero-order valence-corrected chi connectivity index (χ0v) is 9.33. The Kier molecular flexibility index (Phi) is 3.44. The lowest BCUT2D eigenvalue weighted by Gasteiger charge is -2.03. The van der Waals surface area contributed by atoms with Crippen molar-refractivity contribution in [2.45, 2.75) is 20.8 Å². The Morgan fingerprint density at radius 1 is 1.20 bits per heavy atom. The van der Waals surface area contributed by atoms with Crippen LogP contribution in [-0.2, 0) is 0 Å². The lowest BCUT2D eigenvalue weighted by Crippen LogP contribution is -2.64. The van der Waals surface area contributed by atoms with Gasteiger partial charge in [0.2, 0.25) is 6.21 Å². The number of nitrogens with two attached hydrogens (primary N) is 2. The van der Waals surface area contributed by atoms with Crippen molar-refractivity contribution in [3.8, 4) is 0 Å². The molecule has 0 radical (unpaired) electrons. The van der Waals surface area contributed by atoms with Crippen LogP contribution in [0.4, 0.5) is 0 Å². The molecule has 0 saturated carbocycles. The van der Waals surface area contributed by atoms with E-state index < -0.39 is 0 Å². The fourth-order valence-corrected chi connectivity index (χ4v) is 1.59. The van der Waals surface area contributed by atoms with Gasteiger partial charge in [-0.05, 0) is 31.9 Å². The highest BCUT2D eigenvalue weighted by molar-refractivity contribution is 5.80. The fraction of sp³-hybridized carbons (Fsp3) is 0.273. The number of hydrazone groups is 1. The molecular formula is C11H17N4+. The first-order chi connectivity index (χ1) is 7.00. The molecule has 0 heterocycles. The molecule has 1 aromatic rings. The lowest BCUT2D eigenvalue weighted by molar-refractivity contribution is -0.456. The molecule has 4 nitrogen and oxygen atoms in total. The maximum absolute atomic E-state index is 5.20. The van der Waals surface area contributed by atoms with Gasteiger partial charge in [-0.1, -0.05) is 17.7 Å². The molecule has 0 fully saturated rings. The van der Waals surface area contributed by atoms with E-state index in [-0.39, 0.29) is 5.96 Å². The van der Waals surface area contributed by atoms with Crippen LogP contribution in [0.3, 0.4) is 0 Å². The Balaban J connectivity index is 3.05. The van der Waals surface area contributed by atoms with Gasteiger partial charge in [-0.15, -0.1) is 5.10 Å². The summed E-state index contributed by atoms with van der Waals surface area (Å²) in [5.74, 6) is 0.0219. The summed E-state index contributed by atoms with van der Waals surface area (Å²) < 4.78 is 0. The quantitative estimate of drug-likeness (QED) is 0.339. The summed E-state index contributed by atoms with van der Waals surface area (Å²) in [7, 11) is 0. The van der Waals surface area contributed by atoms with Gasteiger partial charge in [-0.25, -0.2) is 0 Å². The highest BCUT2D eigenvalue weighted by Gasteiger charge is 2.03. The van der Waals surface area contributed by atoms with E-state index in [4.69, 9.17) is 11.5 Å². The van der Waals surface area contributed by atoms with Crippen molar-refractivity contribution in [1.82, 2.24) is 0 Å². The fourth-order valence-electron chi connectivity index (χ4n) is 1.59. The first kappa shape index (κ1) is 11.2. The van der Waals surface area contributed by atoms with Gasteiger partial charge in [0.05, 0.1) is 0 Å². The topological polar surface area (TPSA) is 78.4 Å². The number of benzene rings is 1. The maximum Gasteiger partial charge on any atom is 0.256 e. The van der Waals surface area contributed by atoms with Crippen molar-refractivity contribution in [1.29, 1.82) is 0 Å². The molecule has 1 rings (SSSR count). The zero-order chi connectivity index (χ0) is 11.4. The SMILES string of the molecule is Cc1cc(C)c(/C=[NH+]\N=C(N)N)c(C)c1. The predicted octanol–water partition coefficient (Wildman–Crippen LogP) is -0.700. The van der Waals surface area contributed by atoms with Gasteiger partial charge in [0.1, 0.15) is 0 Å². The number of rotatable bonds is 2. The van der Waals surface area contributed by atoms with Crippen LogP contribution in [0.2, 0.25) is 0 Å². The summed E-state index contributed by atoms with van der Waals surface area (Å²) in [4.78, 5) is 0. The third kappa shape index (κ3) is 3.09. The van der Waals surface area contributed by atoms with E-state index in [1.165, 1.54) is 16.7 Å². The summed E-state index contributed by atoms with van der Waals surface area (Å²) in [5.41, 5.74) is 15.2. The average molecular weight is 205 g/mol. The molecule has 0 bridgehead atoms. The van der Waals surface area contributed by atoms with Crippen molar-refractivity contribution in [3.05, 3.63) is 34.4 Å². The number of hydrogen-bond donors (Lipinski definition) is 3. The van der Waals surface area contributed by atoms with Crippen LogP contribution in [0.15, 0.2) is 17.2 Å². The van der Waals surface area contributed by atoms with Gasteiger partial charge in [0, 0.05) is 10.7 Å². The molecule has 0 spiro atoms. The molecule has 5 N–H and O–H groups in total. The van der Waals surface area contributed by atoms with Crippen molar-refractivity contribution >= 4 is 12.2 Å². The van der Waals surface area contributed by atoms with Crippen molar-refractivity contribution in [2.24, 2.45) is 16.6 Å². The summed E-state index contributed by atoms with van der Waals surface area (Å²) >= 11 is 0. The van der Waals surface area contributed by atoms with Crippen LogP contribution in [0, 0.1) is 20.8 Å². The third-order valence-electron chi connectivity index (χ3n) is 2.14. The van der Waals surface area contributed by atoms with Gasteiger partial charge in [-0.2, -0.15) is 0 Å². The highest BCUT2D eigenvalue weighted by atomic mass is 15.3. The monoisotopic (exact) mass is 205 g/mol. The second kappa shape index (κ2) is 4.59. The summed E-state index contributed by atoms with van der Waals surface area (Å²) in [5, 5.41) is 6.41. The summed E-state index contributed by atoms with van der Waals surface area (Å²) in [6.45, 7) is 6.19. The maximum atomic E-state index is 5.20. The Morgan fingerprint density at radius 2 is 1.73 bits per heavy atom. The molecule has 0 saturated heterocycles. The third-order valence-corrected chi connectivity index (χ3v) is 2.14. The van der Waals surface area contributed by atoms with Crippen LogP contribution in [0.25, 0.3) is 0 Å². The molecular weight excluding hydrogens is 188 g/mol. The van der Waals surface area contributed by atoms with E-state index >= 15 is 0 Å². The average Bonchev–Trinajstić information content (AvgIpc) is 2.08. The molecule has 0 aromatic heterocycles. The molecule has 4 heteroatoms. The van der Waals surface area contributed by atoms with Crippen LogP contribution in [0.1, 0.15) is 22.3 Å². The molecule has 1 aromatic carbocycles. The molecule has 80 valence electrons. The molecule has 0 aliphatic carbocycles. The number of nitrogens with one attached hydrogen (secondary N) is 1. The molecule has 0 aliphatic rings. The second-order valence-corrected chi connectivity index (χ2v) is 3.62. The minimum absolute atomic E-state index is 0.0219. The second-order valence-electron chi connectivity index (χ2n) is 3.62. The van der Waals surface area contributed by atoms with E-state index in [1.807, 2.05) is 0 Å². The van der Waals surface area contributed by atoms with Crippen LogP contribution < -0.4 is 16.6 Å². The minimum Gasteiger partial charge on any atom is -0.365 e. The van der Waals surface area contributed by atoms with Crippen LogP contribution in [-0.4, -0.2) is 12.2 Å². The molecule has 15 heavy (non-hydrogen) atoms. The number of hydrogen-bond acceptors (Lipinski definition) is 1. The van der Waals surface area contributed by atoms with E-state index in [1.54, 1.807) is 6.21 Å². The summed E-state index contributed by atoms with van der Waals surface area (Å²) in [6.07, 6.45) is 1.80. The highest BCUT2D eigenvalue weighted by Crippen LogP contribution is 2.13. The Labute approximate surface area is 89.7 Å². The van der Waals surface area contributed by atoms with E-state index in [9.17, 15) is 0 Å². The van der Waals surface area contributed by atoms with Gasteiger partial charge >= 0.3 is 0 Å². The van der Waals surface area contributed by atoms with Crippen molar-refractivity contribution in [2.75, 3.05) is 0 Å². The molecule has 0 amide bonds. The predicted molar refractivity (Wildman–Crippen MR) is 62.6 cm³/mol. The number of aryl methyl sites for hydroxylation is 3. The summed E-state index contributed by atoms with van der Waals surface area (Å²) in [6, 6.07) is 4.24. The molecule has 0 aliphatic heterocycles. The van der Waals surface area contributed by atoms with E-state index in [0.717, 1.165) is 5.56 Å². The van der Waals surface area contributed by atoms with E-state index in [0.29, 0.717) is 0 Å². The van der Waals surface area contributed by atoms with Gasteiger partial charge in [0.25, 0.3) is 5.96 Å². The molecule has 0 atom stereocenters. The largest absolute Gasteiger partial charge is 0.365 e. The first-order valence-electron chi connectivity index (χ1n) is 4.76. The zero-order valence-electron chi connectivity index (χ0n) is 9.33. The lowest BCUT2D eigenvalue weighted by atomic mass is 10.0. The Hall–Kier alpha value is -1.84. The normalized spacial score (nSPS) is 10.6. The minimum atomic E-state index is 0.0219. The van der Waals surface area contributed by atoms with Gasteiger partial charge in [-0.3, -0.25) is 0 Å². The smallest absolute Gasteiger partial charge is 0.256 e. The van der Waals surface area contributed by atoms with E-state index in [2.05, 4.69) is 43.1 Å². The number of guanidine groups is 1. The Bertz CT molecular complexity index is 392. The molecule has 0 unspecified atom stereocenters. The Morgan fingerprint density at radius 3 is 2.20 bits per heavy atom. The van der Waals surface area contributed by atoms with Crippen molar-refractivity contribution in [3.63, 3.8) is 0 Å².